The molecule has 0 aromatic carbocycles. The van der Waals surface area contributed by atoms with E-state index in [1.807, 2.05) is 0 Å². The molecule has 15 heavy (non-hydrogen) atoms. The van der Waals surface area contributed by atoms with Crippen molar-refractivity contribution in [2.24, 2.45) is 11.3 Å². The van der Waals surface area contributed by atoms with Crippen molar-refractivity contribution in [3.63, 3.8) is 0 Å². The Morgan fingerprint density at radius 2 is 1.80 bits per heavy atom. The first kappa shape index (κ1) is 14.9. The first-order valence-electron chi connectivity index (χ1n) is 5.60. The summed E-state index contributed by atoms with van der Waals surface area (Å²) in [6, 6.07) is 0. The van der Waals surface area contributed by atoms with Crippen molar-refractivity contribution < 1.29 is 8.42 Å². The minimum atomic E-state index is -2.82. The minimum Gasteiger partial charge on any atom is -0.315 e. The Morgan fingerprint density at radius 1 is 1.27 bits per heavy atom. The van der Waals surface area contributed by atoms with Gasteiger partial charge in [-0.15, -0.1) is 0 Å². The van der Waals surface area contributed by atoms with Crippen molar-refractivity contribution in [1.82, 2.24) is 5.32 Å². The molecule has 0 aliphatic rings. The maximum atomic E-state index is 11.2. The van der Waals surface area contributed by atoms with Crippen LogP contribution in [0, 0.1) is 11.3 Å². The van der Waals surface area contributed by atoms with Gasteiger partial charge in [-0.2, -0.15) is 0 Å². The van der Waals surface area contributed by atoms with Crippen LogP contribution in [0.15, 0.2) is 0 Å². The van der Waals surface area contributed by atoms with Gasteiger partial charge in [-0.25, -0.2) is 8.42 Å². The number of hydrogen-bond acceptors (Lipinski definition) is 3. The van der Waals surface area contributed by atoms with Crippen molar-refractivity contribution in [3.8, 4) is 0 Å². The average Bonchev–Trinajstić information content (AvgIpc) is 2.10. The van der Waals surface area contributed by atoms with E-state index >= 15 is 0 Å². The molecule has 92 valence electrons. The molecule has 1 unspecified atom stereocenters. The third-order valence-corrected chi connectivity index (χ3v) is 4.66. The molecule has 4 heteroatoms. The van der Waals surface area contributed by atoms with Gasteiger partial charge in [0.2, 0.25) is 0 Å². The molecule has 0 aliphatic heterocycles. The zero-order valence-corrected chi connectivity index (χ0v) is 11.4. The largest absolute Gasteiger partial charge is 0.315 e. The molecule has 0 radical (unpaired) electrons. The average molecular weight is 235 g/mol. The van der Waals surface area contributed by atoms with E-state index in [1.165, 1.54) is 0 Å². The zero-order chi connectivity index (χ0) is 12.1. The molecular weight excluding hydrogens is 210 g/mol. The molecular formula is C11H25NO2S. The molecule has 0 saturated carbocycles. The summed E-state index contributed by atoms with van der Waals surface area (Å²) in [5.41, 5.74) is 0.274. The molecule has 0 rings (SSSR count). The van der Waals surface area contributed by atoms with Gasteiger partial charge in [0, 0.05) is 12.3 Å². The van der Waals surface area contributed by atoms with Crippen LogP contribution in [-0.4, -0.2) is 33.0 Å². The van der Waals surface area contributed by atoms with E-state index in [9.17, 15) is 8.42 Å². The normalized spacial score (nSPS) is 15.3. The molecule has 0 aliphatic carbocycles. The Bertz CT molecular complexity index is 265. The monoisotopic (exact) mass is 235 g/mol. The van der Waals surface area contributed by atoms with Gasteiger partial charge in [0.1, 0.15) is 0 Å². The van der Waals surface area contributed by atoms with E-state index < -0.39 is 9.84 Å². The fraction of sp³-hybridized carbons (Fsp3) is 1.00. The van der Waals surface area contributed by atoms with Crippen LogP contribution in [0.3, 0.4) is 0 Å². The van der Waals surface area contributed by atoms with Crippen molar-refractivity contribution in [3.05, 3.63) is 0 Å². The lowest BCUT2D eigenvalue weighted by Gasteiger charge is -2.27. The second-order valence-corrected chi connectivity index (χ2v) is 7.68. The predicted octanol–water partition coefficient (Wildman–Crippen LogP) is 1.69. The van der Waals surface area contributed by atoms with E-state index in [4.69, 9.17) is 0 Å². The third-order valence-electron chi connectivity index (χ3n) is 2.96. The Morgan fingerprint density at radius 3 is 2.20 bits per heavy atom. The van der Waals surface area contributed by atoms with E-state index in [-0.39, 0.29) is 16.9 Å². The lowest BCUT2D eigenvalue weighted by molar-refractivity contribution is 0.254. The molecule has 1 N–H and O–H groups in total. The molecule has 0 spiro atoms. The first-order valence-corrected chi connectivity index (χ1v) is 7.42. The lowest BCUT2D eigenvalue weighted by Crippen LogP contribution is -2.32. The molecule has 0 saturated heterocycles. The summed E-state index contributed by atoms with van der Waals surface area (Å²) in [5.74, 6) is 1.03. The van der Waals surface area contributed by atoms with Crippen molar-refractivity contribution in [1.29, 1.82) is 0 Å². The summed E-state index contributed by atoms with van der Waals surface area (Å²) >= 11 is 0. The standard InChI is InChI=1S/C11H25NO2S/c1-6-15(13,14)8-7-12-9-10(2)11(3,4)5/h10,12H,6-9H2,1-5H3. The molecule has 0 amide bonds. The molecule has 3 nitrogen and oxygen atoms in total. The van der Waals surface area contributed by atoms with Crippen LogP contribution in [0.5, 0.6) is 0 Å². The van der Waals surface area contributed by atoms with Gasteiger partial charge >= 0.3 is 0 Å². The maximum Gasteiger partial charge on any atom is 0.151 e. The highest BCUT2D eigenvalue weighted by atomic mass is 32.2. The minimum absolute atomic E-state index is 0.240. The van der Waals surface area contributed by atoms with Crippen LogP contribution in [0.2, 0.25) is 0 Å². The number of hydrogen-bond donors (Lipinski definition) is 1. The van der Waals surface area contributed by atoms with Crippen molar-refractivity contribution in [2.45, 2.75) is 34.6 Å². The Balaban J connectivity index is 3.74. The Labute approximate surface area is 94.6 Å². The van der Waals surface area contributed by atoms with Crippen LogP contribution in [0.25, 0.3) is 0 Å². The third kappa shape index (κ3) is 6.90. The SMILES string of the molecule is CCS(=O)(=O)CCNCC(C)C(C)(C)C. The van der Waals surface area contributed by atoms with Gasteiger partial charge in [0.15, 0.2) is 9.84 Å². The summed E-state index contributed by atoms with van der Waals surface area (Å²) < 4.78 is 22.4. The van der Waals surface area contributed by atoms with Crippen LogP contribution >= 0.6 is 0 Å². The maximum absolute atomic E-state index is 11.2. The smallest absolute Gasteiger partial charge is 0.151 e. The van der Waals surface area contributed by atoms with Crippen molar-refractivity contribution in [2.75, 3.05) is 24.6 Å². The van der Waals surface area contributed by atoms with Crippen LogP contribution in [0.4, 0.5) is 0 Å². The van der Waals surface area contributed by atoms with Gasteiger partial charge in [0.25, 0.3) is 0 Å². The second-order valence-electron chi connectivity index (χ2n) is 5.21. The highest BCUT2D eigenvalue weighted by Gasteiger charge is 2.19. The quantitative estimate of drug-likeness (QED) is 0.713. The summed E-state index contributed by atoms with van der Waals surface area (Å²) in [6.07, 6.45) is 0. The second kappa shape index (κ2) is 5.85. The molecule has 0 aromatic heterocycles. The van der Waals surface area contributed by atoms with Crippen LogP contribution in [-0.2, 0) is 9.84 Å². The molecule has 1 atom stereocenters. The van der Waals surface area contributed by atoms with Gasteiger partial charge < -0.3 is 5.32 Å². The summed E-state index contributed by atoms with van der Waals surface area (Å²) in [6.45, 7) is 11.9. The van der Waals surface area contributed by atoms with Crippen LogP contribution < -0.4 is 5.32 Å². The highest BCUT2D eigenvalue weighted by Crippen LogP contribution is 2.24. The molecule has 0 aromatic rings. The van der Waals surface area contributed by atoms with E-state index in [1.54, 1.807) is 6.92 Å². The van der Waals surface area contributed by atoms with Gasteiger partial charge in [0.05, 0.1) is 5.75 Å². The summed E-state index contributed by atoms with van der Waals surface area (Å²) in [7, 11) is -2.82. The summed E-state index contributed by atoms with van der Waals surface area (Å²) in [5, 5.41) is 3.20. The zero-order valence-electron chi connectivity index (χ0n) is 10.6. The topological polar surface area (TPSA) is 46.2 Å². The lowest BCUT2D eigenvalue weighted by atomic mass is 9.82. The fourth-order valence-electron chi connectivity index (χ4n) is 0.997. The van der Waals surface area contributed by atoms with Crippen LogP contribution in [0.1, 0.15) is 34.6 Å². The van der Waals surface area contributed by atoms with Gasteiger partial charge in [-0.05, 0) is 17.9 Å². The number of nitrogens with one attached hydrogen (secondary N) is 1. The number of rotatable bonds is 6. The Kier molecular flexibility index (Phi) is 5.81. The molecule has 0 bridgehead atoms. The fourth-order valence-corrected chi connectivity index (χ4v) is 1.74. The van der Waals surface area contributed by atoms with E-state index in [2.05, 4.69) is 33.0 Å². The van der Waals surface area contributed by atoms with Gasteiger partial charge in [-0.1, -0.05) is 34.6 Å². The van der Waals surface area contributed by atoms with E-state index in [0.717, 1.165) is 6.54 Å². The Hall–Kier alpha value is -0.0900. The number of sulfone groups is 1. The predicted molar refractivity (Wildman–Crippen MR) is 65.8 cm³/mol. The van der Waals surface area contributed by atoms with Gasteiger partial charge in [-0.3, -0.25) is 0 Å². The first-order chi connectivity index (χ1) is 6.69. The molecule has 0 heterocycles. The summed E-state index contributed by atoms with van der Waals surface area (Å²) in [4.78, 5) is 0. The van der Waals surface area contributed by atoms with E-state index in [0.29, 0.717) is 12.5 Å². The molecule has 0 fully saturated rings. The van der Waals surface area contributed by atoms with Crippen molar-refractivity contribution >= 4 is 9.84 Å². The highest BCUT2D eigenvalue weighted by molar-refractivity contribution is 7.91.